The molecule has 0 aliphatic heterocycles. The third-order valence-corrected chi connectivity index (χ3v) is 5.39. The fourth-order valence-electron chi connectivity index (χ4n) is 2.59. The summed E-state index contributed by atoms with van der Waals surface area (Å²) in [4.78, 5) is 14.0. The minimum Gasteiger partial charge on any atom is -0.345 e. The molecule has 1 aromatic heterocycles. The SMILES string of the molecule is CC(CN)(NC(=O)c1ccc(-c2ccc(F)cc2)s1)C1CC1. The maximum absolute atomic E-state index is 13.0. The molecule has 1 aromatic carbocycles. The highest BCUT2D eigenvalue weighted by Gasteiger charge is 2.41. The second-order valence-corrected chi connectivity index (χ2v) is 7.10. The van der Waals surface area contributed by atoms with E-state index < -0.39 is 0 Å². The van der Waals surface area contributed by atoms with Crippen LogP contribution in [0, 0.1) is 11.7 Å². The number of benzene rings is 1. The molecule has 1 saturated carbocycles. The number of nitrogens with two attached hydrogens (primary N) is 1. The smallest absolute Gasteiger partial charge is 0.261 e. The van der Waals surface area contributed by atoms with Gasteiger partial charge in [0.1, 0.15) is 5.82 Å². The zero-order valence-electron chi connectivity index (χ0n) is 12.4. The molecule has 0 bridgehead atoms. The third-order valence-electron chi connectivity index (χ3n) is 4.26. The Balaban J connectivity index is 1.75. The first-order valence-electron chi connectivity index (χ1n) is 7.40. The minimum atomic E-state index is -0.322. The van der Waals surface area contributed by atoms with Gasteiger partial charge in [-0.2, -0.15) is 0 Å². The second-order valence-electron chi connectivity index (χ2n) is 6.02. The molecule has 22 heavy (non-hydrogen) atoms. The van der Waals surface area contributed by atoms with E-state index in [0.29, 0.717) is 17.3 Å². The van der Waals surface area contributed by atoms with E-state index in [2.05, 4.69) is 5.32 Å². The van der Waals surface area contributed by atoms with Crippen molar-refractivity contribution in [3.05, 3.63) is 47.1 Å². The Hall–Kier alpha value is -1.72. The molecule has 1 fully saturated rings. The maximum atomic E-state index is 13.0. The monoisotopic (exact) mass is 318 g/mol. The number of carbonyl (C=O) groups excluding carboxylic acids is 1. The molecule has 0 spiro atoms. The first kappa shape index (κ1) is 15.2. The van der Waals surface area contributed by atoms with E-state index in [4.69, 9.17) is 5.73 Å². The molecule has 1 heterocycles. The van der Waals surface area contributed by atoms with Crippen molar-refractivity contribution in [2.75, 3.05) is 6.54 Å². The van der Waals surface area contributed by atoms with Crippen molar-refractivity contribution < 1.29 is 9.18 Å². The van der Waals surface area contributed by atoms with Gasteiger partial charge in [0.05, 0.1) is 10.4 Å². The van der Waals surface area contributed by atoms with Gasteiger partial charge in [-0.1, -0.05) is 12.1 Å². The van der Waals surface area contributed by atoms with Crippen LogP contribution in [0.3, 0.4) is 0 Å². The molecule has 0 saturated heterocycles. The van der Waals surface area contributed by atoms with Crippen molar-refractivity contribution in [2.45, 2.75) is 25.3 Å². The number of thiophene rings is 1. The Bertz CT molecular complexity index is 678. The van der Waals surface area contributed by atoms with Crippen molar-refractivity contribution in [3.63, 3.8) is 0 Å². The van der Waals surface area contributed by atoms with E-state index in [1.54, 1.807) is 12.1 Å². The molecule has 3 N–H and O–H groups in total. The Morgan fingerprint density at radius 3 is 2.59 bits per heavy atom. The summed E-state index contributed by atoms with van der Waals surface area (Å²) in [6.07, 6.45) is 2.25. The molecule has 3 rings (SSSR count). The fourth-order valence-corrected chi connectivity index (χ4v) is 3.50. The first-order valence-corrected chi connectivity index (χ1v) is 8.22. The van der Waals surface area contributed by atoms with Gasteiger partial charge in [-0.05, 0) is 55.5 Å². The lowest BCUT2D eigenvalue weighted by molar-refractivity contribution is 0.0902. The second kappa shape index (κ2) is 5.82. The predicted molar refractivity (Wildman–Crippen MR) is 87.4 cm³/mol. The molecule has 0 radical (unpaired) electrons. The maximum Gasteiger partial charge on any atom is 0.261 e. The Morgan fingerprint density at radius 2 is 2.00 bits per heavy atom. The molecule has 1 atom stereocenters. The summed E-state index contributed by atoms with van der Waals surface area (Å²) in [5, 5.41) is 3.08. The number of hydrogen-bond donors (Lipinski definition) is 2. The van der Waals surface area contributed by atoms with Crippen LogP contribution in [0.5, 0.6) is 0 Å². The third kappa shape index (κ3) is 3.05. The van der Waals surface area contributed by atoms with Crippen molar-refractivity contribution in [1.29, 1.82) is 0 Å². The van der Waals surface area contributed by atoms with Gasteiger partial charge in [-0.15, -0.1) is 11.3 Å². The average molecular weight is 318 g/mol. The van der Waals surface area contributed by atoms with Gasteiger partial charge in [-0.25, -0.2) is 4.39 Å². The molecule has 1 aliphatic carbocycles. The molecule has 5 heteroatoms. The van der Waals surface area contributed by atoms with E-state index in [0.717, 1.165) is 23.3 Å². The highest BCUT2D eigenvalue weighted by atomic mass is 32.1. The van der Waals surface area contributed by atoms with Crippen LogP contribution in [0.4, 0.5) is 4.39 Å². The number of nitrogens with one attached hydrogen (secondary N) is 1. The van der Waals surface area contributed by atoms with E-state index in [9.17, 15) is 9.18 Å². The zero-order chi connectivity index (χ0) is 15.7. The van der Waals surface area contributed by atoms with Gasteiger partial charge >= 0.3 is 0 Å². The summed E-state index contributed by atoms with van der Waals surface area (Å²) < 4.78 is 13.0. The van der Waals surface area contributed by atoms with E-state index >= 15 is 0 Å². The van der Waals surface area contributed by atoms with Gasteiger partial charge in [-0.3, -0.25) is 4.79 Å². The quantitative estimate of drug-likeness (QED) is 0.887. The van der Waals surface area contributed by atoms with Crippen LogP contribution in [-0.2, 0) is 0 Å². The van der Waals surface area contributed by atoms with E-state index in [-0.39, 0.29) is 17.3 Å². The highest BCUT2D eigenvalue weighted by molar-refractivity contribution is 7.17. The van der Waals surface area contributed by atoms with Crippen LogP contribution < -0.4 is 11.1 Å². The standard InChI is InChI=1S/C17H19FN2OS/c1-17(10-19,12-4-5-12)20-16(21)15-9-8-14(22-15)11-2-6-13(18)7-3-11/h2-3,6-9,12H,4-5,10,19H2,1H3,(H,20,21). The molecule has 3 nitrogen and oxygen atoms in total. The van der Waals surface area contributed by atoms with Crippen LogP contribution in [-0.4, -0.2) is 18.0 Å². The molecule has 2 aromatic rings. The predicted octanol–water partition coefficient (Wildman–Crippen LogP) is 3.41. The Morgan fingerprint density at radius 1 is 1.32 bits per heavy atom. The van der Waals surface area contributed by atoms with Crippen molar-refractivity contribution in [3.8, 4) is 10.4 Å². The number of amides is 1. The van der Waals surface area contributed by atoms with Crippen LogP contribution >= 0.6 is 11.3 Å². The van der Waals surface area contributed by atoms with Gasteiger partial charge in [0.15, 0.2) is 0 Å². The van der Waals surface area contributed by atoms with Crippen molar-refractivity contribution in [1.82, 2.24) is 5.32 Å². The summed E-state index contributed by atoms with van der Waals surface area (Å²) in [7, 11) is 0. The molecule has 1 unspecified atom stereocenters. The topological polar surface area (TPSA) is 55.1 Å². The van der Waals surface area contributed by atoms with Gasteiger partial charge in [0.2, 0.25) is 0 Å². The van der Waals surface area contributed by atoms with Crippen LogP contribution in [0.15, 0.2) is 36.4 Å². The lowest BCUT2D eigenvalue weighted by atomic mass is 9.96. The Kier molecular flexibility index (Phi) is 4.02. The highest BCUT2D eigenvalue weighted by Crippen LogP contribution is 2.39. The molecular weight excluding hydrogens is 299 g/mol. The van der Waals surface area contributed by atoms with Crippen LogP contribution in [0.25, 0.3) is 10.4 Å². The molecule has 116 valence electrons. The van der Waals surface area contributed by atoms with Crippen LogP contribution in [0.1, 0.15) is 29.4 Å². The van der Waals surface area contributed by atoms with Gasteiger partial charge in [0, 0.05) is 11.4 Å². The number of halogens is 1. The summed E-state index contributed by atoms with van der Waals surface area (Å²) >= 11 is 1.41. The number of rotatable bonds is 5. The molecule has 1 aliphatic rings. The fraction of sp³-hybridized carbons (Fsp3) is 0.353. The van der Waals surface area contributed by atoms with Gasteiger partial charge in [0.25, 0.3) is 5.91 Å². The number of carbonyl (C=O) groups is 1. The number of hydrogen-bond acceptors (Lipinski definition) is 3. The largest absolute Gasteiger partial charge is 0.345 e. The lowest BCUT2D eigenvalue weighted by Crippen LogP contribution is -2.53. The first-order chi connectivity index (χ1) is 10.5. The van der Waals surface area contributed by atoms with E-state index in [1.807, 2.05) is 19.1 Å². The van der Waals surface area contributed by atoms with Crippen molar-refractivity contribution >= 4 is 17.2 Å². The summed E-state index contributed by atoms with van der Waals surface area (Å²) in [6, 6.07) is 9.99. The summed E-state index contributed by atoms with van der Waals surface area (Å²) in [5.41, 5.74) is 6.43. The van der Waals surface area contributed by atoms with Crippen LogP contribution in [0.2, 0.25) is 0 Å². The van der Waals surface area contributed by atoms with E-state index in [1.165, 1.54) is 23.5 Å². The molecular formula is C17H19FN2OS. The average Bonchev–Trinajstić information content (AvgIpc) is 3.26. The summed E-state index contributed by atoms with van der Waals surface area (Å²) in [5.74, 6) is 0.137. The minimum absolute atomic E-state index is 0.0850. The van der Waals surface area contributed by atoms with Gasteiger partial charge < -0.3 is 11.1 Å². The lowest BCUT2D eigenvalue weighted by Gasteiger charge is -2.29. The van der Waals surface area contributed by atoms with Crippen molar-refractivity contribution in [2.24, 2.45) is 11.7 Å². The Labute approximate surface area is 133 Å². The summed E-state index contributed by atoms with van der Waals surface area (Å²) in [6.45, 7) is 2.46. The zero-order valence-corrected chi connectivity index (χ0v) is 13.3. The molecule has 1 amide bonds. The normalized spacial score (nSPS) is 17.0.